The molecule has 1 aromatic carbocycles. The molecule has 0 saturated carbocycles. The second kappa shape index (κ2) is 5.88. The molecule has 0 spiro atoms. The molecule has 1 heterocycles. The molecule has 0 unspecified atom stereocenters. The van der Waals surface area contributed by atoms with Gasteiger partial charge in [-0.25, -0.2) is 4.39 Å². The van der Waals surface area contributed by atoms with E-state index in [4.69, 9.17) is 18.0 Å². The van der Waals surface area contributed by atoms with Crippen LogP contribution in [0.5, 0.6) is 0 Å². The summed E-state index contributed by atoms with van der Waals surface area (Å²) in [5.74, 6) is -0.373. The zero-order valence-corrected chi connectivity index (χ0v) is 13.5. The van der Waals surface area contributed by atoms with Crippen molar-refractivity contribution in [1.29, 1.82) is 0 Å². The van der Waals surface area contributed by atoms with Gasteiger partial charge in [0.2, 0.25) is 0 Å². The van der Waals surface area contributed by atoms with Crippen molar-refractivity contribution in [2.45, 2.75) is 6.54 Å². The number of nitrogens with zero attached hydrogens (tertiary/aromatic N) is 3. The molecule has 0 aliphatic rings. The van der Waals surface area contributed by atoms with Gasteiger partial charge in [-0.3, -0.25) is 4.68 Å². The van der Waals surface area contributed by atoms with Crippen LogP contribution in [0.15, 0.2) is 29.0 Å². The second-order valence-corrected chi connectivity index (χ2v) is 5.74. The molecule has 0 bridgehead atoms. The number of aryl methyl sites for hydroxylation is 1. The van der Waals surface area contributed by atoms with Gasteiger partial charge in [-0.2, -0.15) is 5.10 Å². The van der Waals surface area contributed by atoms with E-state index in [-0.39, 0.29) is 10.8 Å². The van der Waals surface area contributed by atoms with Gasteiger partial charge in [0, 0.05) is 38.0 Å². The first-order valence-corrected chi connectivity index (χ1v) is 7.06. The van der Waals surface area contributed by atoms with Crippen molar-refractivity contribution < 1.29 is 4.39 Å². The van der Waals surface area contributed by atoms with Crippen LogP contribution in [0.2, 0.25) is 0 Å². The molecular formula is C13H14BrFN4S. The van der Waals surface area contributed by atoms with Crippen molar-refractivity contribution in [2.75, 3.05) is 11.9 Å². The molecular weight excluding hydrogens is 343 g/mol. The Kier molecular flexibility index (Phi) is 4.39. The summed E-state index contributed by atoms with van der Waals surface area (Å²) in [7, 11) is 3.66. The Hall–Kier alpha value is -1.47. The molecule has 4 nitrogen and oxygen atoms in total. The van der Waals surface area contributed by atoms with Crippen LogP contribution in [-0.2, 0) is 13.6 Å². The number of aromatic nitrogens is 2. The third-order valence-corrected chi connectivity index (χ3v) is 3.91. The highest BCUT2D eigenvalue weighted by molar-refractivity contribution is 9.10. The first kappa shape index (κ1) is 14.9. The van der Waals surface area contributed by atoms with Gasteiger partial charge in [-0.15, -0.1) is 0 Å². The Morgan fingerprint density at radius 3 is 2.80 bits per heavy atom. The monoisotopic (exact) mass is 356 g/mol. The number of thiocarbonyl (C=S) groups is 1. The number of rotatable bonds is 4. The number of anilines is 1. The Morgan fingerprint density at radius 1 is 1.55 bits per heavy atom. The topological polar surface area (TPSA) is 47.1 Å². The van der Waals surface area contributed by atoms with E-state index in [0.29, 0.717) is 22.3 Å². The highest BCUT2D eigenvalue weighted by Crippen LogP contribution is 2.29. The minimum Gasteiger partial charge on any atom is -0.389 e. The number of nitrogens with two attached hydrogens (primary N) is 1. The van der Waals surface area contributed by atoms with Gasteiger partial charge in [-0.1, -0.05) is 12.2 Å². The van der Waals surface area contributed by atoms with E-state index in [2.05, 4.69) is 21.0 Å². The highest BCUT2D eigenvalue weighted by Gasteiger charge is 2.16. The summed E-state index contributed by atoms with van der Waals surface area (Å²) in [6.07, 6.45) is 3.65. The molecule has 2 N–H and O–H groups in total. The van der Waals surface area contributed by atoms with Gasteiger partial charge in [-0.05, 0) is 28.1 Å². The first-order chi connectivity index (χ1) is 9.40. The van der Waals surface area contributed by atoms with Crippen molar-refractivity contribution in [2.24, 2.45) is 12.8 Å². The standard InChI is InChI=1S/C13H14BrFN4S/c1-18(6-8-5-17-19(2)7-8)10-4-3-9(13(16)20)11(14)12(10)15/h3-5,7H,6H2,1-2H3,(H2,16,20). The molecule has 106 valence electrons. The Bertz CT molecular complexity index is 656. The molecule has 0 aliphatic heterocycles. The predicted molar refractivity (Wildman–Crippen MR) is 85.3 cm³/mol. The predicted octanol–water partition coefficient (Wildman–Crippen LogP) is 2.59. The molecule has 0 amide bonds. The van der Waals surface area contributed by atoms with Gasteiger partial charge in [0.15, 0.2) is 5.82 Å². The summed E-state index contributed by atoms with van der Waals surface area (Å²) in [5, 5.41) is 4.09. The van der Waals surface area contributed by atoms with Crippen LogP contribution in [0.25, 0.3) is 0 Å². The quantitative estimate of drug-likeness (QED) is 0.855. The molecule has 1 aromatic heterocycles. The second-order valence-electron chi connectivity index (χ2n) is 4.50. The lowest BCUT2D eigenvalue weighted by Crippen LogP contribution is -2.19. The van der Waals surface area contributed by atoms with Gasteiger partial charge < -0.3 is 10.6 Å². The van der Waals surface area contributed by atoms with Crippen molar-refractivity contribution in [3.63, 3.8) is 0 Å². The molecule has 2 rings (SSSR count). The third-order valence-electron chi connectivity index (χ3n) is 2.92. The molecule has 0 radical (unpaired) electrons. The molecule has 0 fully saturated rings. The summed E-state index contributed by atoms with van der Waals surface area (Å²) in [6, 6.07) is 3.38. The molecule has 20 heavy (non-hydrogen) atoms. The SMILES string of the molecule is CN(Cc1cnn(C)c1)c1ccc(C(N)=S)c(Br)c1F. The van der Waals surface area contributed by atoms with Crippen LogP contribution < -0.4 is 10.6 Å². The Morgan fingerprint density at radius 2 is 2.25 bits per heavy atom. The fraction of sp³-hybridized carbons (Fsp3) is 0.231. The van der Waals surface area contributed by atoms with Crippen LogP contribution in [0.4, 0.5) is 10.1 Å². The summed E-state index contributed by atoms with van der Waals surface area (Å²) >= 11 is 8.09. The Labute approximate surface area is 130 Å². The zero-order valence-electron chi connectivity index (χ0n) is 11.1. The number of hydrogen-bond acceptors (Lipinski definition) is 3. The number of benzene rings is 1. The van der Waals surface area contributed by atoms with Crippen molar-refractivity contribution in [3.05, 3.63) is 45.9 Å². The fourth-order valence-corrected chi connectivity index (χ4v) is 2.79. The normalized spacial score (nSPS) is 10.6. The average Bonchev–Trinajstić information content (AvgIpc) is 2.77. The lowest BCUT2D eigenvalue weighted by atomic mass is 10.1. The van der Waals surface area contributed by atoms with Gasteiger partial charge in [0.25, 0.3) is 0 Å². The summed E-state index contributed by atoms with van der Waals surface area (Å²) in [4.78, 5) is 1.97. The van der Waals surface area contributed by atoms with E-state index in [1.807, 2.05) is 20.3 Å². The lowest BCUT2D eigenvalue weighted by molar-refractivity contribution is 0.615. The molecule has 0 atom stereocenters. The van der Waals surface area contributed by atoms with Crippen LogP contribution >= 0.6 is 28.1 Å². The van der Waals surface area contributed by atoms with E-state index >= 15 is 0 Å². The lowest BCUT2D eigenvalue weighted by Gasteiger charge is -2.20. The van der Waals surface area contributed by atoms with Gasteiger partial charge in [0.1, 0.15) is 4.99 Å². The molecule has 0 aliphatic carbocycles. The van der Waals surface area contributed by atoms with E-state index in [0.717, 1.165) is 5.56 Å². The maximum Gasteiger partial charge on any atom is 0.161 e. The highest BCUT2D eigenvalue weighted by atomic mass is 79.9. The maximum absolute atomic E-state index is 14.4. The van der Waals surface area contributed by atoms with E-state index in [9.17, 15) is 4.39 Å². The largest absolute Gasteiger partial charge is 0.389 e. The van der Waals surface area contributed by atoms with Crippen LogP contribution in [0, 0.1) is 5.82 Å². The molecule has 0 saturated heterocycles. The van der Waals surface area contributed by atoms with Crippen LogP contribution in [0.3, 0.4) is 0 Å². The third kappa shape index (κ3) is 2.99. The maximum atomic E-state index is 14.4. The first-order valence-electron chi connectivity index (χ1n) is 5.86. The molecule has 2 aromatic rings. The minimum absolute atomic E-state index is 0.164. The Balaban J connectivity index is 2.28. The van der Waals surface area contributed by atoms with Crippen molar-refractivity contribution in [1.82, 2.24) is 9.78 Å². The number of halogens is 2. The minimum atomic E-state index is -0.373. The van der Waals surface area contributed by atoms with Crippen molar-refractivity contribution >= 4 is 38.8 Å². The van der Waals surface area contributed by atoms with Crippen LogP contribution in [-0.4, -0.2) is 21.8 Å². The smallest absolute Gasteiger partial charge is 0.161 e. The average molecular weight is 357 g/mol. The zero-order chi connectivity index (χ0) is 14.9. The summed E-state index contributed by atoms with van der Waals surface area (Å²) < 4.78 is 16.4. The van der Waals surface area contributed by atoms with Crippen LogP contribution in [0.1, 0.15) is 11.1 Å². The van der Waals surface area contributed by atoms with E-state index in [1.54, 1.807) is 27.9 Å². The molecule has 7 heteroatoms. The van der Waals surface area contributed by atoms with E-state index < -0.39 is 0 Å². The fourth-order valence-electron chi connectivity index (χ4n) is 1.94. The van der Waals surface area contributed by atoms with Crippen molar-refractivity contribution in [3.8, 4) is 0 Å². The van der Waals surface area contributed by atoms with E-state index in [1.165, 1.54) is 0 Å². The number of hydrogen-bond donors (Lipinski definition) is 1. The summed E-state index contributed by atoms with van der Waals surface area (Å²) in [5.41, 5.74) is 7.52. The summed E-state index contributed by atoms with van der Waals surface area (Å²) in [6.45, 7) is 0.559. The van der Waals surface area contributed by atoms with Gasteiger partial charge >= 0.3 is 0 Å². The van der Waals surface area contributed by atoms with Gasteiger partial charge in [0.05, 0.1) is 16.4 Å².